The summed E-state index contributed by atoms with van der Waals surface area (Å²) < 4.78 is 5.68. The molecule has 2 heterocycles. The summed E-state index contributed by atoms with van der Waals surface area (Å²) in [5, 5.41) is 0. The number of rotatable bonds is 6. The van der Waals surface area contributed by atoms with E-state index in [0.29, 0.717) is 6.54 Å². The van der Waals surface area contributed by atoms with Crippen LogP contribution >= 0.6 is 11.8 Å². The number of hydrogen-bond acceptors (Lipinski definition) is 4. The van der Waals surface area contributed by atoms with Crippen molar-refractivity contribution in [2.24, 2.45) is 5.92 Å². The number of anilines is 1. The first-order chi connectivity index (χ1) is 9.72. The van der Waals surface area contributed by atoms with Gasteiger partial charge in [0, 0.05) is 36.4 Å². The molecule has 1 aliphatic rings. The molecule has 0 aromatic carbocycles. The van der Waals surface area contributed by atoms with Gasteiger partial charge in [-0.1, -0.05) is 6.92 Å². The average molecular weight is 294 g/mol. The van der Waals surface area contributed by atoms with Crippen LogP contribution in [0.4, 0.5) is 5.69 Å². The first kappa shape index (κ1) is 15.3. The van der Waals surface area contributed by atoms with E-state index in [0.717, 1.165) is 30.9 Å². The minimum Gasteiger partial charge on any atom is -0.376 e. The van der Waals surface area contributed by atoms with Gasteiger partial charge in [0.15, 0.2) is 0 Å². The Morgan fingerprint density at radius 2 is 2.30 bits per heavy atom. The van der Waals surface area contributed by atoms with Crippen LogP contribution in [0.15, 0.2) is 24.5 Å². The third-order valence-corrected chi connectivity index (χ3v) is 4.32. The molecule has 5 heteroatoms. The summed E-state index contributed by atoms with van der Waals surface area (Å²) in [6, 6.07) is 3.78. The summed E-state index contributed by atoms with van der Waals surface area (Å²) in [6.07, 6.45) is 7.76. The Morgan fingerprint density at radius 1 is 1.55 bits per heavy atom. The van der Waals surface area contributed by atoms with Crippen molar-refractivity contribution in [2.75, 3.05) is 30.1 Å². The summed E-state index contributed by atoms with van der Waals surface area (Å²) >= 11 is 1.70. The van der Waals surface area contributed by atoms with Crippen LogP contribution in [-0.2, 0) is 9.53 Å². The van der Waals surface area contributed by atoms with Crippen molar-refractivity contribution in [3.8, 4) is 0 Å². The minimum absolute atomic E-state index is 0.0135. The fourth-order valence-corrected chi connectivity index (χ4v) is 3.07. The maximum atomic E-state index is 12.7. The molecule has 1 aromatic rings. The molecule has 4 nitrogen and oxygen atoms in total. The quantitative estimate of drug-likeness (QED) is 0.809. The minimum atomic E-state index is 0.0135. The number of nitrogens with zero attached hydrogens (tertiary/aromatic N) is 2. The molecule has 0 bridgehead atoms. The summed E-state index contributed by atoms with van der Waals surface area (Å²) in [5.41, 5.74) is 0.911. The maximum absolute atomic E-state index is 12.7. The third kappa shape index (κ3) is 3.96. The smallest absolute Gasteiger partial charge is 0.230 e. The van der Waals surface area contributed by atoms with Crippen molar-refractivity contribution < 1.29 is 9.53 Å². The number of amides is 1. The van der Waals surface area contributed by atoms with E-state index in [1.54, 1.807) is 24.2 Å². The van der Waals surface area contributed by atoms with Gasteiger partial charge in [0.25, 0.3) is 0 Å². The van der Waals surface area contributed by atoms with Gasteiger partial charge < -0.3 is 9.64 Å². The van der Waals surface area contributed by atoms with E-state index in [1.165, 1.54) is 0 Å². The first-order valence-electron chi connectivity index (χ1n) is 7.04. The van der Waals surface area contributed by atoms with Gasteiger partial charge in [-0.3, -0.25) is 9.78 Å². The topological polar surface area (TPSA) is 42.4 Å². The number of ether oxygens (including phenoxy) is 1. The van der Waals surface area contributed by atoms with E-state index in [1.807, 2.05) is 30.2 Å². The van der Waals surface area contributed by atoms with Crippen molar-refractivity contribution in [2.45, 2.75) is 25.9 Å². The number of carbonyl (C=O) groups is 1. The van der Waals surface area contributed by atoms with Crippen LogP contribution in [0.1, 0.15) is 19.8 Å². The van der Waals surface area contributed by atoms with E-state index in [2.05, 4.69) is 4.98 Å². The largest absolute Gasteiger partial charge is 0.376 e. The molecule has 0 saturated carbocycles. The van der Waals surface area contributed by atoms with Gasteiger partial charge in [-0.2, -0.15) is 11.8 Å². The Bertz CT molecular complexity index is 421. The molecule has 0 aliphatic carbocycles. The molecule has 0 radical (unpaired) electrons. The number of pyridine rings is 1. The molecule has 0 unspecified atom stereocenters. The average Bonchev–Trinajstić information content (AvgIpc) is 2.98. The molecular weight excluding hydrogens is 272 g/mol. The zero-order valence-corrected chi connectivity index (χ0v) is 12.9. The number of carbonyl (C=O) groups excluding carboxylic acids is 1. The predicted octanol–water partition coefficient (Wildman–Crippen LogP) is 2.59. The lowest BCUT2D eigenvalue weighted by Gasteiger charge is -2.28. The molecule has 0 N–H and O–H groups in total. The third-order valence-electron chi connectivity index (χ3n) is 3.49. The number of thioether (sulfide) groups is 1. The molecule has 1 fully saturated rings. The number of aromatic nitrogens is 1. The summed E-state index contributed by atoms with van der Waals surface area (Å²) in [5.74, 6) is 1.02. The highest BCUT2D eigenvalue weighted by Gasteiger charge is 2.26. The van der Waals surface area contributed by atoms with Gasteiger partial charge in [-0.15, -0.1) is 0 Å². The molecule has 1 amide bonds. The lowest BCUT2D eigenvalue weighted by atomic mass is 10.1. The van der Waals surface area contributed by atoms with Crippen LogP contribution < -0.4 is 4.90 Å². The van der Waals surface area contributed by atoms with E-state index in [4.69, 9.17) is 4.74 Å². The normalized spacial score (nSPS) is 19.8. The van der Waals surface area contributed by atoms with Crippen LogP contribution in [0.2, 0.25) is 0 Å². The number of hydrogen-bond donors (Lipinski definition) is 0. The van der Waals surface area contributed by atoms with Gasteiger partial charge in [0.1, 0.15) is 0 Å². The molecule has 1 saturated heterocycles. The highest BCUT2D eigenvalue weighted by molar-refractivity contribution is 7.98. The Morgan fingerprint density at radius 3 is 2.90 bits per heavy atom. The molecule has 2 rings (SSSR count). The second-order valence-corrected chi connectivity index (χ2v) is 6.06. The van der Waals surface area contributed by atoms with Crippen molar-refractivity contribution in [1.29, 1.82) is 0 Å². The van der Waals surface area contributed by atoms with Gasteiger partial charge >= 0.3 is 0 Å². The highest BCUT2D eigenvalue weighted by atomic mass is 32.2. The van der Waals surface area contributed by atoms with Gasteiger partial charge in [-0.05, 0) is 31.2 Å². The van der Waals surface area contributed by atoms with E-state index >= 15 is 0 Å². The second-order valence-electron chi connectivity index (χ2n) is 5.15. The maximum Gasteiger partial charge on any atom is 0.230 e. The Balaban J connectivity index is 2.12. The standard InChI is InChI=1S/C15H22N2O2S/c1-12(11-20-2)15(18)17(10-14-4-3-9-19-14)13-5-7-16-8-6-13/h5-8,12,14H,3-4,9-11H2,1-2H3/t12-,14+/m1/s1. The monoisotopic (exact) mass is 294 g/mol. The second kappa shape index (κ2) is 7.64. The summed E-state index contributed by atoms with van der Waals surface area (Å²) in [6.45, 7) is 3.44. The Kier molecular flexibility index (Phi) is 5.86. The molecule has 2 atom stereocenters. The van der Waals surface area contributed by atoms with Crippen molar-refractivity contribution in [3.05, 3.63) is 24.5 Å². The summed E-state index contributed by atoms with van der Waals surface area (Å²) in [4.78, 5) is 18.5. The zero-order valence-electron chi connectivity index (χ0n) is 12.1. The van der Waals surface area contributed by atoms with Crippen LogP contribution in [0, 0.1) is 5.92 Å². The molecule has 0 spiro atoms. The molecule has 20 heavy (non-hydrogen) atoms. The fourth-order valence-electron chi connectivity index (χ4n) is 2.43. The van der Waals surface area contributed by atoms with Crippen molar-refractivity contribution >= 4 is 23.4 Å². The van der Waals surface area contributed by atoms with Crippen LogP contribution in [-0.4, -0.2) is 42.2 Å². The van der Waals surface area contributed by atoms with Crippen molar-refractivity contribution in [1.82, 2.24) is 4.98 Å². The van der Waals surface area contributed by atoms with E-state index < -0.39 is 0 Å². The lowest BCUT2D eigenvalue weighted by molar-refractivity contribution is -0.121. The molecule has 110 valence electrons. The Labute approximate surface area is 124 Å². The van der Waals surface area contributed by atoms with Gasteiger partial charge in [0.05, 0.1) is 12.6 Å². The van der Waals surface area contributed by atoms with Crippen LogP contribution in [0.5, 0.6) is 0 Å². The molecular formula is C15H22N2O2S. The Hall–Kier alpha value is -1.07. The van der Waals surface area contributed by atoms with Crippen molar-refractivity contribution in [3.63, 3.8) is 0 Å². The highest BCUT2D eigenvalue weighted by Crippen LogP contribution is 2.21. The fraction of sp³-hybridized carbons (Fsp3) is 0.600. The summed E-state index contributed by atoms with van der Waals surface area (Å²) in [7, 11) is 0. The van der Waals surface area contributed by atoms with Crippen LogP contribution in [0.3, 0.4) is 0 Å². The van der Waals surface area contributed by atoms with E-state index in [9.17, 15) is 4.79 Å². The molecule has 1 aliphatic heterocycles. The van der Waals surface area contributed by atoms with E-state index in [-0.39, 0.29) is 17.9 Å². The molecule has 1 aromatic heterocycles. The SMILES string of the molecule is CSC[C@@H](C)C(=O)N(C[C@@H]1CCCO1)c1ccncc1. The zero-order chi connectivity index (χ0) is 14.4. The van der Waals surface area contributed by atoms with Gasteiger partial charge in [-0.25, -0.2) is 0 Å². The van der Waals surface area contributed by atoms with Crippen LogP contribution in [0.25, 0.3) is 0 Å². The predicted molar refractivity (Wildman–Crippen MR) is 83.1 cm³/mol. The lowest BCUT2D eigenvalue weighted by Crippen LogP contribution is -2.41. The first-order valence-corrected chi connectivity index (χ1v) is 8.43. The van der Waals surface area contributed by atoms with Gasteiger partial charge in [0.2, 0.25) is 5.91 Å².